The molecule has 0 spiro atoms. The van der Waals surface area contributed by atoms with Crippen molar-refractivity contribution in [3.8, 4) is 0 Å². The van der Waals surface area contributed by atoms with E-state index in [4.69, 9.17) is 0 Å². The molecule has 0 unspecified atom stereocenters. The van der Waals surface area contributed by atoms with E-state index in [1.165, 1.54) is 4.90 Å². The Hall–Kier alpha value is -1.21. The van der Waals surface area contributed by atoms with Crippen LogP contribution >= 0.6 is 31.9 Å². The van der Waals surface area contributed by atoms with E-state index < -0.39 is 6.04 Å². The molecular weight excluding hydrogens is 500 g/mol. The third kappa shape index (κ3) is 3.38. The second kappa shape index (κ2) is 7.80. The standard InChI is InChI=1S/C22H26Br2N2O3/c1-10(2)8-15(20(27)25-14-7-5-4-6-11(14)3)26-21(28)16-12-9-13(17(16)22(26)29)19(24)18(12)23/h4-7,10,12-13,15-19H,8-9H2,1-3H3,(H,25,27)/t12-,13-,15+,16-,17-,18-,19+/m0/s1. The number of rotatable bonds is 5. The largest absolute Gasteiger partial charge is 0.324 e. The molecule has 2 aliphatic carbocycles. The van der Waals surface area contributed by atoms with Gasteiger partial charge in [0, 0.05) is 15.3 Å². The van der Waals surface area contributed by atoms with E-state index in [0.29, 0.717) is 12.1 Å². The minimum absolute atomic E-state index is 0.148. The maximum absolute atomic E-state index is 13.4. The first-order chi connectivity index (χ1) is 13.7. The van der Waals surface area contributed by atoms with E-state index in [9.17, 15) is 14.4 Å². The van der Waals surface area contributed by atoms with Crippen LogP contribution in [-0.2, 0) is 14.4 Å². The van der Waals surface area contributed by atoms with E-state index in [2.05, 4.69) is 37.2 Å². The Balaban J connectivity index is 1.62. The maximum Gasteiger partial charge on any atom is 0.247 e. The molecule has 1 aliphatic heterocycles. The quantitative estimate of drug-likeness (QED) is 0.464. The molecule has 156 valence electrons. The van der Waals surface area contributed by atoms with Gasteiger partial charge in [-0.15, -0.1) is 0 Å². The fourth-order valence-corrected chi connectivity index (χ4v) is 7.26. The highest BCUT2D eigenvalue weighted by atomic mass is 79.9. The summed E-state index contributed by atoms with van der Waals surface area (Å²) in [5.74, 6) is -0.743. The second-order valence-corrected chi connectivity index (χ2v) is 11.1. The molecule has 3 aliphatic rings. The molecule has 0 aromatic heterocycles. The molecular formula is C22H26Br2N2O3. The van der Waals surface area contributed by atoms with Gasteiger partial charge >= 0.3 is 0 Å². The highest BCUT2D eigenvalue weighted by molar-refractivity contribution is 9.12. The van der Waals surface area contributed by atoms with Crippen molar-refractivity contribution < 1.29 is 14.4 Å². The van der Waals surface area contributed by atoms with Gasteiger partial charge in [-0.3, -0.25) is 19.3 Å². The van der Waals surface area contributed by atoms with Gasteiger partial charge in [0.05, 0.1) is 11.8 Å². The summed E-state index contributed by atoms with van der Waals surface area (Å²) in [5, 5.41) is 2.95. The molecule has 4 rings (SSSR count). The second-order valence-electron chi connectivity index (χ2n) is 9.00. The Morgan fingerprint density at radius 3 is 2.17 bits per heavy atom. The molecule has 7 atom stereocenters. The van der Waals surface area contributed by atoms with Crippen molar-refractivity contribution in [2.75, 3.05) is 5.32 Å². The van der Waals surface area contributed by atoms with Crippen LogP contribution in [-0.4, -0.2) is 38.3 Å². The van der Waals surface area contributed by atoms with Gasteiger partial charge < -0.3 is 5.32 Å². The topological polar surface area (TPSA) is 66.5 Å². The molecule has 29 heavy (non-hydrogen) atoms. The number of nitrogens with one attached hydrogen (secondary N) is 1. The summed E-state index contributed by atoms with van der Waals surface area (Å²) in [6.45, 7) is 5.94. The average molecular weight is 526 g/mol. The van der Waals surface area contributed by atoms with Crippen LogP contribution in [0, 0.1) is 36.5 Å². The van der Waals surface area contributed by atoms with E-state index >= 15 is 0 Å². The van der Waals surface area contributed by atoms with Gasteiger partial charge in [-0.25, -0.2) is 0 Å². The zero-order chi connectivity index (χ0) is 21.0. The Morgan fingerprint density at radius 1 is 1.10 bits per heavy atom. The van der Waals surface area contributed by atoms with Gasteiger partial charge in [-0.05, 0) is 49.1 Å². The van der Waals surface area contributed by atoms with Gasteiger partial charge in [0.25, 0.3) is 0 Å². The number of anilines is 1. The summed E-state index contributed by atoms with van der Waals surface area (Å²) in [4.78, 5) is 41.7. The van der Waals surface area contributed by atoms with Crippen molar-refractivity contribution in [3.05, 3.63) is 29.8 Å². The number of para-hydroxylation sites is 1. The molecule has 2 bridgehead atoms. The smallest absolute Gasteiger partial charge is 0.247 e. The highest BCUT2D eigenvalue weighted by Crippen LogP contribution is 2.60. The first kappa shape index (κ1) is 21.0. The van der Waals surface area contributed by atoms with Crippen LogP contribution in [0.15, 0.2) is 24.3 Å². The number of likely N-dealkylation sites (tertiary alicyclic amines) is 1. The molecule has 0 radical (unpaired) electrons. The van der Waals surface area contributed by atoms with E-state index in [-0.39, 0.29) is 57.0 Å². The number of carbonyl (C=O) groups is 3. The minimum Gasteiger partial charge on any atom is -0.324 e. The number of amides is 3. The number of hydrogen-bond donors (Lipinski definition) is 1. The van der Waals surface area contributed by atoms with Crippen molar-refractivity contribution >= 4 is 55.3 Å². The summed E-state index contributed by atoms with van der Waals surface area (Å²) >= 11 is 7.43. The molecule has 1 saturated heterocycles. The molecule has 1 aromatic carbocycles. The van der Waals surface area contributed by atoms with Crippen LogP contribution < -0.4 is 5.32 Å². The van der Waals surface area contributed by atoms with Gasteiger partial charge in [0.15, 0.2) is 0 Å². The van der Waals surface area contributed by atoms with E-state index in [0.717, 1.165) is 12.0 Å². The number of aryl methyl sites for hydroxylation is 1. The summed E-state index contributed by atoms with van der Waals surface area (Å²) in [5.41, 5.74) is 1.66. The van der Waals surface area contributed by atoms with Gasteiger partial charge in [-0.2, -0.15) is 0 Å². The zero-order valence-electron chi connectivity index (χ0n) is 16.8. The molecule has 3 amide bonds. The fraction of sp³-hybridized carbons (Fsp3) is 0.591. The number of imide groups is 1. The summed E-state index contributed by atoms with van der Waals surface area (Å²) in [6, 6.07) is 6.76. The molecule has 1 heterocycles. The number of fused-ring (bicyclic) bond motifs is 5. The van der Waals surface area contributed by atoms with Crippen molar-refractivity contribution in [1.29, 1.82) is 0 Å². The number of alkyl halides is 2. The van der Waals surface area contributed by atoms with E-state index in [1.807, 2.05) is 45.0 Å². The maximum atomic E-state index is 13.4. The molecule has 7 heteroatoms. The zero-order valence-corrected chi connectivity index (χ0v) is 19.9. The lowest BCUT2D eigenvalue weighted by molar-refractivity contribution is -0.147. The molecule has 2 saturated carbocycles. The number of hydrogen-bond acceptors (Lipinski definition) is 3. The molecule has 3 fully saturated rings. The van der Waals surface area contributed by atoms with Crippen LogP contribution in [0.25, 0.3) is 0 Å². The van der Waals surface area contributed by atoms with Crippen molar-refractivity contribution in [3.63, 3.8) is 0 Å². The highest BCUT2D eigenvalue weighted by Gasteiger charge is 2.67. The number of benzene rings is 1. The fourth-order valence-electron chi connectivity index (χ4n) is 5.38. The van der Waals surface area contributed by atoms with Crippen molar-refractivity contribution in [2.24, 2.45) is 29.6 Å². The van der Waals surface area contributed by atoms with Crippen LogP contribution in [0.5, 0.6) is 0 Å². The molecule has 1 N–H and O–H groups in total. The monoisotopic (exact) mass is 524 g/mol. The SMILES string of the molecule is Cc1ccccc1NC(=O)[C@@H](CC(C)C)N1C(=O)[C@H]2[C@@H]3C[C@H]([C@@H](Br)[C@H]3Br)[C@@H]2C1=O. The lowest BCUT2D eigenvalue weighted by Crippen LogP contribution is -2.49. The Kier molecular flexibility index (Phi) is 5.66. The molecule has 1 aromatic rings. The lowest BCUT2D eigenvalue weighted by Gasteiger charge is -2.28. The number of halogens is 2. The third-order valence-corrected chi connectivity index (χ3v) is 9.94. The third-order valence-electron chi connectivity index (χ3n) is 6.73. The summed E-state index contributed by atoms with van der Waals surface area (Å²) in [7, 11) is 0. The van der Waals surface area contributed by atoms with Crippen LogP contribution in [0.4, 0.5) is 5.69 Å². The van der Waals surface area contributed by atoms with Crippen LogP contribution in [0.3, 0.4) is 0 Å². The van der Waals surface area contributed by atoms with Crippen molar-refractivity contribution in [2.45, 2.75) is 49.3 Å². The van der Waals surface area contributed by atoms with Gasteiger partial charge in [-0.1, -0.05) is 63.9 Å². The molecule has 5 nitrogen and oxygen atoms in total. The minimum atomic E-state index is -0.776. The van der Waals surface area contributed by atoms with Gasteiger partial charge in [0.2, 0.25) is 17.7 Å². The first-order valence-corrected chi connectivity index (χ1v) is 12.1. The first-order valence-electron chi connectivity index (χ1n) is 10.2. The predicted octanol–water partition coefficient (Wildman–Crippen LogP) is 4.13. The Labute approximate surface area is 188 Å². The Morgan fingerprint density at radius 2 is 1.66 bits per heavy atom. The number of nitrogens with zero attached hydrogens (tertiary/aromatic N) is 1. The summed E-state index contributed by atoms with van der Waals surface area (Å²) in [6.07, 6.45) is 1.34. The lowest BCUT2D eigenvalue weighted by atomic mass is 9.81. The van der Waals surface area contributed by atoms with Gasteiger partial charge in [0.1, 0.15) is 6.04 Å². The number of carbonyl (C=O) groups excluding carboxylic acids is 3. The average Bonchev–Trinajstić information content (AvgIpc) is 3.27. The normalized spacial score (nSPS) is 34.1. The summed E-state index contributed by atoms with van der Waals surface area (Å²) < 4.78 is 0. The van der Waals surface area contributed by atoms with E-state index in [1.54, 1.807) is 0 Å². The van der Waals surface area contributed by atoms with Crippen LogP contribution in [0.1, 0.15) is 32.3 Å². The predicted molar refractivity (Wildman–Crippen MR) is 119 cm³/mol. The van der Waals surface area contributed by atoms with Crippen LogP contribution in [0.2, 0.25) is 0 Å². The van der Waals surface area contributed by atoms with Crippen molar-refractivity contribution in [1.82, 2.24) is 4.90 Å². The Bertz CT molecular complexity index is 826.